The minimum atomic E-state index is -2.92. The number of pyridine rings is 1. The van der Waals surface area contributed by atoms with E-state index in [2.05, 4.69) is 10.3 Å². The zero-order valence-electron chi connectivity index (χ0n) is 13.4. The van der Waals surface area contributed by atoms with Gasteiger partial charge in [0.2, 0.25) is 0 Å². The molecule has 1 unspecified atom stereocenters. The lowest BCUT2D eigenvalue weighted by atomic mass is 10.2. The quantitative estimate of drug-likeness (QED) is 0.529. The van der Waals surface area contributed by atoms with Gasteiger partial charge in [-0.05, 0) is 46.4 Å². The zero-order chi connectivity index (χ0) is 19.3. The van der Waals surface area contributed by atoms with Gasteiger partial charge in [-0.1, -0.05) is 12.1 Å². The maximum absolute atomic E-state index is 12.5. The van der Waals surface area contributed by atoms with Crippen LogP contribution in [-0.2, 0) is 6.54 Å². The van der Waals surface area contributed by atoms with E-state index in [0.717, 1.165) is 0 Å². The number of nitrogens with two attached hydrogens (primary N) is 2. The second-order valence-corrected chi connectivity index (χ2v) is 6.42. The molecule has 0 spiro atoms. The molecule has 0 aliphatic carbocycles. The molecule has 10 heteroatoms. The molecule has 0 saturated heterocycles. The normalized spacial score (nSPS) is 12.0. The van der Waals surface area contributed by atoms with Crippen molar-refractivity contribution in [2.75, 3.05) is 18.1 Å². The van der Waals surface area contributed by atoms with E-state index in [4.69, 9.17) is 16.2 Å². The van der Waals surface area contributed by atoms with Crippen molar-refractivity contribution in [3.8, 4) is 5.75 Å². The summed E-state index contributed by atoms with van der Waals surface area (Å²) in [5, 5.41) is 2.67. The second kappa shape index (κ2) is 8.92. The van der Waals surface area contributed by atoms with Crippen LogP contribution in [-0.4, -0.2) is 30.1 Å². The number of carbonyl (C=O) groups is 1. The highest BCUT2D eigenvalue weighted by atomic mass is 127. The van der Waals surface area contributed by atoms with Crippen LogP contribution < -0.4 is 21.5 Å². The molecule has 1 atom stereocenters. The van der Waals surface area contributed by atoms with Crippen LogP contribution in [0.5, 0.6) is 5.75 Å². The van der Waals surface area contributed by atoms with Crippen molar-refractivity contribution in [1.82, 2.24) is 10.3 Å². The summed E-state index contributed by atoms with van der Waals surface area (Å²) in [5.41, 5.74) is 12.2. The third kappa shape index (κ3) is 5.13. The number of aromatic nitrogens is 1. The fourth-order valence-electron chi connectivity index (χ4n) is 1.99. The molecule has 6 nitrogen and oxygen atoms in total. The highest BCUT2D eigenvalue weighted by molar-refractivity contribution is 14.1. The van der Waals surface area contributed by atoms with Crippen LogP contribution in [0, 0.1) is 3.57 Å². The summed E-state index contributed by atoms with van der Waals surface area (Å²) in [6.45, 7) is -1.12. The van der Waals surface area contributed by atoms with Gasteiger partial charge < -0.3 is 21.5 Å². The number of anilines is 2. The third-order valence-electron chi connectivity index (χ3n) is 3.37. The SMILES string of the molecule is Nc1nc(N)c(C(=O)NCc2ccc(OC(CF)C(F)F)cc2)cc1I. The van der Waals surface area contributed by atoms with Crippen molar-refractivity contribution < 1.29 is 22.7 Å². The molecule has 2 rings (SSSR count). The van der Waals surface area contributed by atoms with Crippen LogP contribution in [0.4, 0.5) is 24.8 Å². The van der Waals surface area contributed by atoms with Crippen molar-refractivity contribution >= 4 is 40.1 Å². The fraction of sp³-hybridized carbons (Fsp3) is 0.250. The van der Waals surface area contributed by atoms with Crippen LogP contribution in [0.3, 0.4) is 0 Å². The summed E-state index contributed by atoms with van der Waals surface area (Å²) < 4.78 is 42.9. The third-order valence-corrected chi connectivity index (χ3v) is 4.24. The Bertz CT molecular complexity index is 775. The predicted molar refractivity (Wildman–Crippen MR) is 99.8 cm³/mol. The maximum atomic E-state index is 12.5. The number of halogens is 4. The molecule has 1 aromatic carbocycles. The van der Waals surface area contributed by atoms with Gasteiger partial charge >= 0.3 is 0 Å². The number of hydrogen-bond acceptors (Lipinski definition) is 5. The maximum Gasteiger partial charge on any atom is 0.277 e. The molecule has 0 fully saturated rings. The first kappa shape index (κ1) is 20.1. The number of alkyl halides is 3. The van der Waals surface area contributed by atoms with Gasteiger partial charge in [-0.3, -0.25) is 4.79 Å². The lowest BCUT2D eigenvalue weighted by Crippen LogP contribution is -2.27. The summed E-state index contributed by atoms with van der Waals surface area (Å²) in [6, 6.07) is 7.53. The number of nitrogens with one attached hydrogen (secondary N) is 1. The van der Waals surface area contributed by atoms with Crippen molar-refractivity contribution in [1.29, 1.82) is 0 Å². The molecule has 0 saturated carbocycles. The van der Waals surface area contributed by atoms with E-state index in [9.17, 15) is 18.0 Å². The first-order valence-corrected chi connectivity index (χ1v) is 8.49. The molecule has 1 aromatic heterocycles. The van der Waals surface area contributed by atoms with Gasteiger partial charge in [-0.2, -0.15) is 0 Å². The molecular weight excluding hydrogens is 464 g/mol. The molecule has 26 heavy (non-hydrogen) atoms. The Labute approximate surface area is 161 Å². The number of nitrogens with zero attached hydrogens (tertiary/aromatic N) is 1. The second-order valence-electron chi connectivity index (χ2n) is 5.26. The van der Waals surface area contributed by atoms with Crippen LogP contribution in [0.25, 0.3) is 0 Å². The Morgan fingerprint density at radius 3 is 2.46 bits per heavy atom. The topological polar surface area (TPSA) is 103 Å². The molecule has 5 N–H and O–H groups in total. The first-order chi connectivity index (χ1) is 12.3. The summed E-state index contributed by atoms with van der Waals surface area (Å²) in [7, 11) is 0. The monoisotopic (exact) mass is 480 g/mol. The van der Waals surface area contributed by atoms with Crippen LogP contribution >= 0.6 is 22.6 Å². The van der Waals surface area contributed by atoms with Gasteiger partial charge in [0.25, 0.3) is 12.3 Å². The Hall–Kier alpha value is -2.24. The number of ether oxygens (including phenoxy) is 1. The van der Waals surface area contributed by atoms with E-state index >= 15 is 0 Å². The van der Waals surface area contributed by atoms with Crippen molar-refractivity contribution in [3.05, 3.63) is 45.0 Å². The average Bonchev–Trinajstić information content (AvgIpc) is 2.61. The van der Waals surface area contributed by atoms with Crippen LogP contribution in [0.1, 0.15) is 15.9 Å². The van der Waals surface area contributed by atoms with Crippen LogP contribution in [0.15, 0.2) is 30.3 Å². The molecule has 0 aliphatic heterocycles. The molecule has 1 heterocycles. The molecule has 0 aliphatic rings. The van der Waals surface area contributed by atoms with Gasteiger partial charge in [0.1, 0.15) is 24.1 Å². The van der Waals surface area contributed by atoms with Crippen molar-refractivity contribution in [2.24, 2.45) is 0 Å². The van der Waals surface area contributed by atoms with E-state index in [1.165, 1.54) is 18.2 Å². The number of benzene rings is 1. The molecule has 140 valence electrons. The number of nitrogen functional groups attached to an aromatic ring is 2. The van der Waals surface area contributed by atoms with E-state index < -0.39 is 25.1 Å². The molecule has 1 amide bonds. The van der Waals surface area contributed by atoms with E-state index in [-0.39, 0.29) is 29.5 Å². The van der Waals surface area contributed by atoms with Crippen molar-refractivity contribution in [2.45, 2.75) is 19.1 Å². The number of rotatable bonds is 7. The zero-order valence-corrected chi connectivity index (χ0v) is 15.5. The van der Waals surface area contributed by atoms with E-state index in [0.29, 0.717) is 9.13 Å². The lowest BCUT2D eigenvalue weighted by Gasteiger charge is -2.15. The molecular formula is C16H16F3IN4O2. The van der Waals surface area contributed by atoms with Crippen molar-refractivity contribution in [3.63, 3.8) is 0 Å². The van der Waals surface area contributed by atoms with Gasteiger partial charge in [-0.15, -0.1) is 0 Å². The summed E-state index contributed by atoms with van der Waals surface area (Å²) in [5.74, 6) is -0.0490. The Kier molecular flexibility index (Phi) is 6.89. The highest BCUT2D eigenvalue weighted by Crippen LogP contribution is 2.20. The highest BCUT2D eigenvalue weighted by Gasteiger charge is 2.22. The minimum absolute atomic E-state index is 0.0217. The van der Waals surface area contributed by atoms with Gasteiger partial charge in [0, 0.05) is 6.54 Å². The Morgan fingerprint density at radius 2 is 1.88 bits per heavy atom. The summed E-state index contributed by atoms with van der Waals surface area (Å²) in [6.07, 6.45) is -4.72. The van der Waals surface area contributed by atoms with Gasteiger partial charge in [-0.25, -0.2) is 18.2 Å². The Morgan fingerprint density at radius 1 is 1.23 bits per heavy atom. The largest absolute Gasteiger partial charge is 0.482 e. The summed E-state index contributed by atoms with van der Waals surface area (Å²) in [4.78, 5) is 16.1. The predicted octanol–water partition coefficient (Wildman–Crippen LogP) is 2.76. The number of hydrogen-bond donors (Lipinski definition) is 3. The lowest BCUT2D eigenvalue weighted by molar-refractivity contribution is -0.00118. The first-order valence-electron chi connectivity index (χ1n) is 7.41. The average molecular weight is 480 g/mol. The summed E-state index contributed by atoms with van der Waals surface area (Å²) >= 11 is 1.94. The number of amides is 1. The standard InChI is InChI=1S/C16H16F3IN4O2/c17-6-12(13(18)19)26-9-3-1-8(2-4-9)7-23-16(25)10-5-11(20)15(22)24-14(10)21/h1-5,12-13H,6-7H2,(H,23,25)(H4,21,22,24). The molecule has 2 aromatic rings. The molecule has 0 radical (unpaired) electrons. The smallest absolute Gasteiger partial charge is 0.277 e. The van der Waals surface area contributed by atoms with E-state index in [1.807, 2.05) is 22.6 Å². The number of carbonyl (C=O) groups excluding carboxylic acids is 1. The van der Waals surface area contributed by atoms with Gasteiger partial charge in [0.05, 0.1) is 9.13 Å². The molecule has 0 bridgehead atoms. The fourth-order valence-corrected chi connectivity index (χ4v) is 2.42. The van der Waals surface area contributed by atoms with Gasteiger partial charge in [0.15, 0.2) is 6.10 Å². The van der Waals surface area contributed by atoms with E-state index in [1.54, 1.807) is 12.1 Å². The minimum Gasteiger partial charge on any atom is -0.482 e. The Balaban J connectivity index is 1.97. The van der Waals surface area contributed by atoms with Crippen LogP contribution in [0.2, 0.25) is 0 Å².